The van der Waals surface area contributed by atoms with Crippen LogP contribution in [-0.2, 0) is 9.53 Å². The lowest BCUT2D eigenvalue weighted by Crippen LogP contribution is -2.06. The van der Waals surface area contributed by atoms with E-state index in [1.807, 2.05) is 24.3 Å². The van der Waals surface area contributed by atoms with Gasteiger partial charge in [0, 0.05) is 9.64 Å². The Bertz CT molecular complexity index is 836. The van der Waals surface area contributed by atoms with Crippen molar-refractivity contribution in [2.75, 3.05) is 14.2 Å². The van der Waals surface area contributed by atoms with E-state index in [0.717, 1.165) is 14.7 Å². The molecule has 0 saturated heterocycles. The highest BCUT2D eigenvalue weighted by Crippen LogP contribution is 2.26. The summed E-state index contributed by atoms with van der Waals surface area (Å²) in [5.41, 5.74) is 1.77. The smallest absolute Gasteiger partial charge is 0.363 e. The third kappa shape index (κ3) is 3.43. The highest BCUT2D eigenvalue weighted by atomic mass is 127. The van der Waals surface area contributed by atoms with Gasteiger partial charge in [0.05, 0.1) is 19.8 Å². The van der Waals surface area contributed by atoms with Gasteiger partial charge in [-0.2, -0.15) is 0 Å². The van der Waals surface area contributed by atoms with Crippen LogP contribution >= 0.6 is 22.6 Å². The summed E-state index contributed by atoms with van der Waals surface area (Å²) in [6.07, 6.45) is 1.65. The van der Waals surface area contributed by atoms with Crippen molar-refractivity contribution in [3.63, 3.8) is 0 Å². The molecule has 0 atom stereocenters. The first kappa shape index (κ1) is 16.5. The Morgan fingerprint density at radius 3 is 2.38 bits per heavy atom. The maximum Gasteiger partial charge on any atom is 0.363 e. The van der Waals surface area contributed by atoms with Crippen LogP contribution in [0.4, 0.5) is 0 Å². The van der Waals surface area contributed by atoms with Crippen LogP contribution in [0.25, 0.3) is 6.08 Å². The lowest BCUT2D eigenvalue weighted by atomic mass is 10.1. The molecule has 1 heterocycles. The molecule has 2 aromatic carbocycles. The predicted molar refractivity (Wildman–Crippen MR) is 99.3 cm³/mol. The van der Waals surface area contributed by atoms with Crippen LogP contribution < -0.4 is 9.47 Å². The number of halogens is 1. The highest BCUT2D eigenvalue weighted by molar-refractivity contribution is 14.1. The number of aliphatic imine (C=N–C) groups is 1. The average molecular weight is 435 g/mol. The fraction of sp³-hybridized carbons (Fsp3) is 0.111. The fourth-order valence-electron chi connectivity index (χ4n) is 2.23. The Morgan fingerprint density at radius 1 is 1.08 bits per heavy atom. The van der Waals surface area contributed by atoms with Gasteiger partial charge in [0.1, 0.15) is 11.5 Å². The Kier molecular flexibility index (Phi) is 4.84. The molecule has 0 bridgehead atoms. The third-order valence-corrected chi connectivity index (χ3v) is 4.34. The summed E-state index contributed by atoms with van der Waals surface area (Å²) >= 11 is 2.18. The topological polar surface area (TPSA) is 57.1 Å². The zero-order valence-electron chi connectivity index (χ0n) is 13.1. The molecule has 0 spiro atoms. The molecule has 0 saturated carbocycles. The van der Waals surface area contributed by atoms with E-state index in [1.54, 1.807) is 38.5 Å². The number of cyclic esters (lactones) is 1. The Hall–Kier alpha value is -2.35. The van der Waals surface area contributed by atoms with Gasteiger partial charge in [0.15, 0.2) is 5.70 Å². The van der Waals surface area contributed by atoms with Crippen LogP contribution in [0.5, 0.6) is 11.5 Å². The number of benzene rings is 2. The van der Waals surface area contributed by atoms with Crippen molar-refractivity contribution < 1.29 is 19.0 Å². The number of rotatable bonds is 4. The predicted octanol–water partition coefficient (Wildman–Crippen LogP) is 3.65. The first-order chi connectivity index (χ1) is 11.6. The van der Waals surface area contributed by atoms with Gasteiger partial charge >= 0.3 is 5.97 Å². The van der Waals surface area contributed by atoms with Gasteiger partial charge in [0.25, 0.3) is 0 Å². The molecule has 3 rings (SSSR count). The van der Waals surface area contributed by atoms with Crippen molar-refractivity contribution in [1.29, 1.82) is 0 Å². The number of esters is 1. The van der Waals surface area contributed by atoms with E-state index in [2.05, 4.69) is 27.6 Å². The monoisotopic (exact) mass is 435 g/mol. The summed E-state index contributed by atoms with van der Waals surface area (Å²) in [4.78, 5) is 16.4. The molecule has 24 heavy (non-hydrogen) atoms. The SMILES string of the molecule is COc1cc(/C=C2\N=C(c3ccccc3I)OC2=O)cc(OC)c1. The van der Waals surface area contributed by atoms with Crippen LogP contribution in [0.1, 0.15) is 11.1 Å². The van der Waals surface area contributed by atoms with Crippen LogP contribution in [-0.4, -0.2) is 26.1 Å². The average Bonchev–Trinajstić information content (AvgIpc) is 2.95. The second-order valence-electron chi connectivity index (χ2n) is 4.96. The molecule has 0 radical (unpaired) electrons. The largest absolute Gasteiger partial charge is 0.497 e. The van der Waals surface area contributed by atoms with Crippen LogP contribution in [0.15, 0.2) is 53.2 Å². The molecule has 0 N–H and O–H groups in total. The number of methoxy groups -OCH3 is 2. The number of carbonyl (C=O) groups excluding carboxylic acids is 1. The van der Waals surface area contributed by atoms with Crippen molar-refractivity contribution in [3.05, 3.63) is 62.9 Å². The maximum atomic E-state index is 12.1. The van der Waals surface area contributed by atoms with Gasteiger partial charge in [0.2, 0.25) is 5.90 Å². The Morgan fingerprint density at radius 2 is 1.75 bits per heavy atom. The maximum absolute atomic E-state index is 12.1. The van der Waals surface area contributed by atoms with Gasteiger partial charge in [-0.15, -0.1) is 0 Å². The quantitative estimate of drug-likeness (QED) is 0.418. The van der Waals surface area contributed by atoms with Gasteiger partial charge in [-0.3, -0.25) is 0 Å². The molecule has 0 aromatic heterocycles. The third-order valence-electron chi connectivity index (χ3n) is 3.40. The van der Waals surface area contributed by atoms with Gasteiger partial charge in [-0.1, -0.05) is 12.1 Å². The van der Waals surface area contributed by atoms with Gasteiger partial charge in [-0.25, -0.2) is 9.79 Å². The van der Waals surface area contributed by atoms with E-state index in [-0.39, 0.29) is 5.70 Å². The molecule has 0 unspecified atom stereocenters. The second-order valence-corrected chi connectivity index (χ2v) is 6.12. The van der Waals surface area contributed by atoms with Crippen LogP contribution in [0, 0.1) is 3.57 Å². The molecule has 2 aromatic rings. The van der Waals surface area contributed by atoms with E-state index in [1.165, 1.54) is 0 Å². The minimum atomic E-state index is -0.480. The summed E-state index contributed by atoms with van der Waals surface area (Å²) in [6.45, 7) is 0. The summed E-state index contributed by atoms with van der Waals surface area (Å²) in [5, 5.41) is 0. The van der Waals surface area contributed by atoms with Gasteiger partial charge < -0.3 is 14.2 Å². The van der Waals surface area contributed by atoms with E-state index in [0.29, 0.717) is 17.4 Å². The zero-order chi connectivity index (χ0) is 17.1. The molecular weight excluding hydrogens is 421 g/mol. The standard InChI is InChI=1S/C18H14INO4/c1-22-12-7-11(8-13(10-12)23-2)9-16-18(21)24-17(20-16)14-5-3-4-6-15(14)19/h3-10H,1-2H3/b16-9-. The molecule has 5 nitrogen and oxygen atoms in total. The minimum absolute atomic E-state index is 0.236. The minimum Gasteiger partial charge on any atom is -0.497 e. The molecule has 1 aliphatic heterocycles. The van der Waals surface area contributed by atoms with Crippen LogP contribution in [0.2, 0.25) is 0 Å². The summed E-state index contributed by atoms with van der Waals surface area (Å²) in [5.74, 6) is 1.10. The van der Waals surface area contributed by atoms with E-state index in [9.17, 15) is 4.79 Å². The van der Waals surface area contributed by atoms with Crippen molar-refractivity contribution >= 4 is 40.5 Å². The van der Waals surface area contributed by atoms with Crippen molar-refractivity contribution in [3.8, 4) is 11.5 Å². The van der Waals surface area contributed by atoms with E-state index < -0.39 is 5.97 Å². The van der Waals surface area contributed by atoms with Crippen LogP contribution in [0.3, 0.4) is 0 Å². The molecule has 0 amide bonds. The fourth-order valence-corrected chi connectivity index (χ4v) is 2.85. The lowest BCUT2D eigenvalue weighted by molar-refractivity contribution is -0.129. The molecule has 0 fully saturated rings. The summed E-state index contributed by atoms with van der Waals surface area (Å²) in [7, 11) is 3.15. The van der Waals surface area contributed by atoms with Crippen molar-refractivity contribution in [2.45, 2.75) is 0 Å². The molecule has 122 valence electrons. The molecule has 6 heteroatoms. The first-order valence-electron chi connectivity index (χ1n) is 7.11. The normalized spacial score (nSPS) is 15.2. The summed E-state index contributed by atoms with van der Waals surface area (Å²) < 4.78 is 16.7. The first-order valence-corrected chi connectivity index (χ1v) is 8.19. The van der Waals surface area contributed by atoms with Crippen molar-refractivity contribution in [1.82, 2.24) is 0 Å². The molecular formula is C18H14INO4. The van der Waals surface area contributed by atoms with Gasteiger partial charge in [-0.05, 0) is 58.5 Å². The summed E-state index contributed by atoms with van der Waals surface area (Å²) in [6, 6.07) is 12.9. The second kappa shape index (κ2) is 7.04. The van der Waals surface area contributed by atoms with E-state index >= 15 is 0 Å². The number of ether oxygens (including phenoxy) is 3. The highest BCUT2D eigenvalue weighted by Gasteiger charge is 2.25. The van der Waals surface area contributed by atoms with Crippen molar-refractivity contribution in [2.24, 2.45) is 4.99 Å². The molecule has 1 aliphatic rings. The number of carbonyl (C=O) groups is 1. The Labute approximate surface area is 153 Å². The zero-order valence-corrected chi connectivity index (χ0v) is 15.2. The number of hydrogen-bond donors (Lipinski definition) is 0. The number of hydrogen-bond acceptors (Lipinski definition) is 5. The lowest BCUT2D eigenvalue weighted by Gasteiger charge is -2.05. The number of nitrogens with zero attached hydrogens (tertiary/aromatic N) is 1. The van der Waals surface area contributed by atoms with E-state index in [4.69, 9.17) is 14.2 Å². The molecule has 0 aliphatic carbocycles. The Balaban J connectivity index is 1.99.